The Kier molecular flexibility index (Phi) is 5.33. The Morgan fingerprint density at radius 1 is 1.14 bits per heavy atom. The second kappa shape index (κ2) is 7.78. The largest absolute Gasteiger partial charge is 0.368 e. The second-order valence-electron chi connectivity index (χ2n) is 8.29. The Morgan fingerprint density at radius 3 is 2.55 bits per heavy atom. The summed E-state index contributed by atoms with van der Waals surface area (Å²) in [5.41, 5.74) is 7.10. The number of carbonyl (C=O) groups excluding carboxylic acids is 3. The first-order valence-corrected chi connectivity index (χ1v) is 10.5. The predicted octanol–water partition coefficient (Wildman–Crippen LogP) is 0.386. The zero-order valence-electron chi connectivity index (χ0n) is 16.9. The van der Waals surface area contributed by atoms with Crippen LogP contribution in [0.4, 0.5) is 0 Å². The molecule has 0 saturated carbocycles. The lowest BCUT2D eigenvalue weighted by molar-refractivity contribution is -0.162. The van der Waals surface area contributed by atoms with Gasteiger partial charge in [0, 0.05) is 50.8 Å². The van der Waals surface area contributed by atoms with Crippen molar-refractivity contribution in [2.75, 3.05) is 26.7 Å². The fourth-order valence-corrected chi connectivity index (χ4v) is 4.95. The summed E-state index contributed by atoms with van der Waals surface area (Å²) in [6.07, 6.45) is 6.15. The second-order valence-corrected chi connectivity index (χ2v) is 8.29. The van der Waals surface area contributed by atoms with Crippen LogP contribution in [-0.2, 0) is 27.2 Å². The van der Waals surface area contributed by atoms with Crippen LogP contribution in [0.5, 0.6) is 0 Å². The Morgan fingerprint density at radius 2 is 1.86 bits per heavy atom. The summed E-state index contributed by atoms with van der Waals surface area (Å²) in [6.45, 7) is 1.34. The number of methoxy groups -OCH3 is 1. The van der Waals surface area contributed by atoms with Gasteiger partial charge in [-0.25, -0.2) is 0 Å². The molecule has 2 aliphatic heterocycles. The van der Waals surface area contributed by atoms with E-state index in [4.69, 9.17) is 10.5 Å². The first-order chi connectivity index (χ1) is 14.0. The van der Waals surface area contributed by atoms with Crippen molar-refractivity contribution < 1.29 is 19.1 Å². The van der Waals surface area contributed by atoms with Crippen molar-refractivity contribution >= 4 is 17.7 Å². The number of likely N-dealkylation sites (tertiary alicyclic amines) is 2. The number of amides is 3. The van der Waals surface area contributed by atoms with Gasteiger partial charge in [-0.05, 0) is 38.5 Å². The van der Waals surface area contributed by atoms with Crippen LogP contribution in [0.15, 0.2) is 0 Å². The number of piperidine rings is 1. The number of hydrogen-bond acceptors (Lipinski definition) is 5. The van der Waals surface area contributed by atoms with Crippen LogP contribution in [-0.4, -0.2) is 76.1 Å². The lowest BCUT2D eigenvalue weighted by atomic mass is 9.88. The van der Waals surface area contributed by atoms with Gasteiger partial charge in [0.1, 0.15) is 11.6 Å². The summed E-state index contributed by atoms with van der Waals surface area (Å²) < 4.78 is 5.69. The summed E-state index contributed by atoms with van der Waals surface area (Å²) in [4.78, 5) is 41.3. The number of aromatic nitrogens is 2. The lowest BCUT2D eigenvalue weighted by Crippen LogP contribution is -2.59. The van der Waals surface area contributed by atoms with Crippen molar-refractivity contribution in [1.29, 1.82) is 0 Å². The van der Waals surface area contributed by atoms with Crippen molar-refractivity contribution in [3.8, 4) is 0 Å². The summed E-state index contributed by atoms with van der Waals surface area (Å²) >= 11 is 0. The van der Waals surface area contributed by atoms with E-state index in [-0.39, 0.29) is 11.8 Å². The predicted molar refractivity (Wildman–Crippen MR) is 104 cm³/mol. The van der Waals surface area contributed by atoms with Crippen molar-refractivity contribution in [2.45, 2.75) is 63.0 Å². The van der Waals surface area contributed by atoms with Crippen LogP contribution in [0.3, 0.4) is 0 Å². The first-order valence-electron chi connectivity index (χ1n) is 10.5. The number of aryl methyl sites for hydroxylation is 1. The summed E-state index contributed by atoms with van der Waals surface area (Å²) in [6, 6.07) is -0.565. The molecule has 9 heteroatoms. The van der Waals surface area contributed by atoms with Crippen LogP contribution >= 0.6 is 0 Å². The molecule has 1 aromatic rings. The standard InChI is InChI=1S/C20H29N5O4/c1-29-20(19(28)25-10-4-7-15(25)17(21)26)8-11-24(12-9-20)18(27)16-13-5-2-3-6-14(13)22-23-16/h15H,2-12H2,1H3,(H2,21,26)(H,22,23)/t15-/m0/s1. The molecular weight excluding hydrogens is 374 g/mol. The third-order valence-corrected chi connectivity index (χ3v) is 6.74. The molecule has 0 radical (unpaired) electrons. The van der Waals surface area contributed by atoms with Gasteiger partial charge in [-0.2, -0.15) is 5.10 Å². The van der Waals surface area contributed by atoms with E-state index in [2.05, 4.69) is 10.2 Å². The number of nitrogens with one attached hydrogen (secondary N) is 1. The molecule has 2 saturated heterocycles. The molecule has 9 nitrogen and oxygen atoms in total. The fourth-order valence-electron chi connectivity index (χ4n) is 4.95. The van der Waals surface area contributed by atoms with Crippen LogP contribution in [0, 0.1) is 0 Å². The molecule has 3 heterocycles. The molecule has 158 valence electrons. The minimum Gasteiger partial charge on any atom is -0.368 e. The quantitative estimate of drug-likeness (QED) is 0.753. The average molecular weight is 403 g/mol. The van der Waals surface area contributed by atoms with Gasteiger partial charge in [0.25, 0.3) is 11.8 Å². The van der Waals surface area contributed by atoms with Gasteiger partial charge in [-0.15, -0.1) is 0 Å². The van der Waals surface area contributed by atoms with Gasteiger partial charge in [-0.3, -0.25) is 19.5 Å². The number of nitrogens with two attached hydrogens (primary N) is 1. The van der Waals surface area contributed by atoms with Crippen LogP contribution in [0.25, 0.3) is 0 Å². The van der Waals surface area contributed by atoms with E-state index in [0.717, 1.165) is 43.4 Å². The minimum absolute atomic E-state index is 0.0854. The number of ether oxygens (including phenoxy) is 1. The molecule has 1 aliphatic carbocycles. The van der Waals surface area contributed by atoms with E-state index in [1.165, 1.54) is 7.11 Å². The molecule has 29 heavy (non-hydrogen) atoms. The van der Waals surface area contributed by atoms with Gasteiger partial charge in [0.05, 0.1) is 0 Å². The van der Waals surface area contributed by atoms with E-state index in [1.807, 2.05) is 0 Å². The highest BCUT2D eigenvalue weighted by Crippen LogP contribution is 2.32. The third kappa shape index (κ3) is 3.41. The Bertz CT molecular complexity index is 812. The molecule has 0 unspecified atom stereocenters. The van der Waals surface area contributed by atoms with Gasteiger partial charge in [0.2, 0.25) is 5.91 Å². The van der Waals surface area contributed by atoms with E-state index in [1.54, 1.807) is 9.80 Å². The summed E-state index contributed by atoms with van der Waals surface area (Å²) in [7, 11) is 1.52. The van der Waals surface area contributed by atoms with E-state index >= 15 is 0 Å². The van der Waals surface area contributed by atoms with Crippen molar-refractivity contribution in [3.05, 3.63) is 17.0 Å². The molecule has 0 aromatic carbocycles. The van der Waals surface area contributed by atoms with Crippen molar-refractivity contribution in [3.63, 3.8) is 0 Å². The summed E-state index contributed by atoms with van der Waals surface area (Å²) in [5.74, 6) is -0.749. The highest BCUT2D eigenvalue weighted by molar-refractivity contribution is 5.95. The van der Waals surface area contributed by atoms with Crippen LogP contribution in [0.2, 0.25) is 0 Å². The zero-order chi connectivity index (χ0) is 20.6. The Labute approximate surface area is 169 Å². The monoisotopic (exact) mass is 403 g/mol. The van der Waals surface area contributed by atoms with Crippen molar-refractivity contribution in [2.24, 2.45) is 5.73 Å². The molecule has 3 amide bonds. The lowest BCUT2D eigenvalue weighted by Gasteiger charge is -2.42. The molecular formula is C20H29N5O4. The topological polar surface area (TPSA) is 122 Å². The molecule has 2 fully saturated rings. The number of carbonyl (C=O) groups is 3. The number of fused-ring (bicyclic) bond motifs is 1. The maximum atomic E-state index is 13.2. The summed E-state index contributed by atoms with van der Waals surface area (Å²) in [5, 5.41) is 7.30. The molecule has 4 rings (SSSR count). The smallest absolute Gasteiger partial charge is 0.274 e. The van der Waals surface area contributed by atoms with Crippen LogP contribution < -0.4 is 5.73 Å². The third-order valence-electron chi connectivity index (χ3n) is 6.74. The maximum Gasteiger partial charge on any atom is 0.274 e. The molecule has 0 bridgehead atoms. The Hall–Kier alpha value is -2.42. The number of hydrogen-bond donors (Lipinski definition) is 2. The first kappa shape index (κ1) is 19.9. The number of rotatable bonds is 4. The molecule has 1 aromatic heterocycles. The van der Waals surface area contributed by atoms with E-state index < -0.39 is 17.6 Å². The van der Waals surface area contributed by atoms with E-state index in [0.29, 0.717) is 44.6 Å². The molecule has 0 spiro atoms. The van der Waals surface area contributed by atoms with E-state index in [9.17, 15) is 14.4 Å². The minimum atomic E-state index is -1.01. The normalized spacial score (nSPS) is 23.7. The molecule has 3 aliphatic rings. The van der Waals surface area contributed by atoms with Crippen LogP contribution in [0.1, 0.15) is 60.3 Å². The number of H-pyrrole nitrogens is 1. The van der Waals surface area contributed by atoms with Gasteiger partial charge < -0.3 is 20.3 Å². The number of nitrogens with zero attached hydrogens (tertiary/aromatic N) is 3. The molecule has 1 atom stereocenters. The molecule has 3 N–H and O–H groups in total. The van der Waals surface area contributed by atoms with Crippen molar-refractivity contribution in [1.82, 2.24) is 20.0 Å². The number of aromatic amines is 1. The SMILES string of the molecule is COC1(C(=O)N2CCC[C@H]2C(N)=O)CCN(C(=O)c2n[nH]c3c2CCCC3)CC1. The van der Waals surface area contributed by atoms with Gasteiger partial charge in [0.15, 0.2) is 5.69 Å². The highest BCUT2D eigenvalue weighted by Gasteiger charge is 2.48. The number of primary amides is 1. The van der Waals surface area contributed by atoms with Gasteiger partial charge in [-0.1, -0.05) is 0 Å². The average Bonchev–Trinajstić information content (AvgIpc) is 3.40. The maximum absolute atomic E-state index is 13.2. The Balaban J connectivity index is 1.46. The fraction of sp³-hybridized carbons (Fsp3) is 0.700. The van der Waals surface area contributed by atoms with Gasteiger partial charge >= 0.3 is 0 Å². The highest BCUT2D eigenvalue weighted by atomic mass is 16.5. The zero-order valence-corrected chi connectivity index (χ0v) is 16.9.